The fourth-order valence-electron chi connectivity index (χ4n) is 15.1. The van der Waals surface area contributed by atoms with Gasteiger partial charge in [0.05, 0.1) is 0 Å². The molecule has 460 valence electrons. The molecule has 2 spiro atoms. The van der Waals surface area contributed by atoms with E-state index in [1.807, 2.05) is 27.7 Å². The van der Waals surface area contributed by atoms with Crippen molar-refractivity contribution in [3.05, 3.63) is 236 Å². The predicted molar refractivity (Wildman–Crippen MR) is 347 cm³/mol. The fraction of sp³-hybridized carbons (Fsp3) is 0.333. The summed E-state index contributed by atoms with van der Waals surface area (Å²) < 4.78 is 116. The monoisotopic (exact) mass is 1260 g/mol. The second kappa shape index (κ2) is 22.4. The van der Waals surface area contributed by atoms with Gasteiger partial charge in [0.1, 0.15) is 21.3 Å². The summed E-state index contributed by atoms with van der Waals surface area (Å²) in [6.07, 6.45) is 3.39. The summed E-state index contributed by atoms with van der Waals surface area (Å²) in [6.45, 7) is 31.9. The molecule has 0 bridgehead atoms. The lowest BCUT2D eigenvalue weighted by atomic mass is 9.70. The van der Waals surface area contributed by atoms with Crippen LogP contribution < -0.4 is 25.1 Å². The molecule has 0 aromatic heterocycles. The maximum absolute atomic E-state index is 13.8. The fourth-order valence-corrected chi connectivity index (χ4v) is 18.1. The summed E-state index contributed by atoms with van der Waals surface area (Å²) in [7, 11) is -8.97. The van der Waals surface area contributed by atoms with Gasteiger partial charge in [0.25, 0.3) is 0 Å². The van der Waals surface area contributed by atoms with Gasteiger partial charge in [-0.05, 0) is 240 Å². The van der Waals surface area contributed by atoms with Gasteiger partial charge < -0.3 is 25.1 Å². The van der Waals surface area contributed by atoms with E-state index in [1.165, 1.54) is 82.6 Å². The number of hydrogen-bond donors (Lipinski definition) is 0. The van der Waals surface area contributed by atoms with Gasteiger partial charge in [-0.2, -0.15) is 25.3 Å². The lowest BCUT2D eigenvalue weighted by Crippen LogP contribution is -2.28. The molecule has 0 saturated heterocycles. The Kier molecular flexibility index (Phi) is 15.8. The molecule has 0 radical (unpaired) electrons. The van der Waals surface area contributed by atoms with Crippen molar-refractivity contribution in [2.75, 3.05) is 0 Å². The third-order valence-corrected chi connectivity index (χ3v) is 22.7. The molecule has 0 amide bonds. The molecule has 0 fully saturated rings. The first-order valence-corrected chi connectivity index (χ1v) is 34.4. The van der Waals surface area contributed by atoms with Crippen LogP contribution in [0.3, 0.4) is 0 Å². The van der Waals surface area contributed by atoms with Crippen LogP contribution in [0.1, 0.15) is 159 Å². The van der Waals surface area contributed by atoms with Crippen LogP contribution in [0, 0.1) is 41.5 Å². The zero-order chi connectivity index (χ0) is 63.3. The SMILES string of the molecule is CC1(C)CC2(CC(C)(C)c3cc(OS(=O)(=O)c4ccccc4)c(OS(=O)(=O)c4ccccc4)cc32)c2cc(OS(=O)Oc3ccccc3)c(OS(=O)Oc3ccccc3)cc21.Cc1cc2c(c(C)c1C)C1(CC2(C)C)CC(C)(C)c2cc(C)c(C)c(C)c21. The first kappa shape index (κ1) is 62.4. The molecule has 8 aromatic rings. The molecule has 12 nitrogen and oxygen atoms in total. The predicted octanol–water partition coefficient (Wildman–Crippen LogP) is 16.1. The molecule has 16 heteroatoms. The van der Waals surface area contributed by atoms with Crippen molar-refractivity contribution in [2.45, 2.75) is 165 Å². The van der Waals surface area contributed by atoms with E-state index >= 15 is 0 Å². The van der Waals surface area contributed by atoms with Crippen molar-refractivity contribution < 1.29 is 50.4 Å². The third kappa shape index (κ3) is 11.1. The number of rotatable bonds is 14. The number of hydrogen-bond acceptors (Lipinski definition) is 12. The molecule has 12 rings (SSSR count). The molecule has 3 unspecified atom stereocenters. The van der Waals surface area contributed by atoms with Crippen molar-refractivity contribution in [1.29, 1.82) is 0 Å². The Labute approximate surface area is 525 Å². The van der Waals surface area contributed by atoms with E-state index in [4.69, 9.17) is 25.1 Å². The van der Waals surface area contributed by atoms with Crippen molar-refractivity contribution in [1.82, 2.24) is 0 Å². The van der Waals surface area contributed by atoms with Crippen LogP contribution in [0.15, 0.2) is 168 Å². The van der Waals surface area contributed by atoms with Gasteiger partial charge >= 0.3 is 43.0 Å². The van der Waals surface area contributed by atoms with E-state index in [9.17, 15) is 25.3 Å². The van der Waals surface area contributed by atoms with Gasteiger partial charge in [0, 0.05) is 10.8 Å². The van der Waals surface area contributed by atoms with E-state index in [-0.39, 0.29) is 60.5 Å². The molecular weight excluding hydrogens is 1190 g/mol. The molecule has 4 aliphatic carbocycles. The van der Waals surface area contributed by atoms with E-state index < -0.39 is 59.2 Å². The van der Waals surface area contributed by atoms with Gasteiger partial charge in [-0.1, -0.05) is 140 Å². The largest absolute Gasteiger partial charge is 0.417 e. The molecule has 3 atom stereocenters. The van der Waals surface area contributed by atoms with Crippen molar-refractivity contribution in [3.63, 3.8) is 0 Å². The van der Waals surface area contributed by atoms with Crippen LogP contribution in [0.2, 0.25) is 0 Å². The van der Waals surface area contributed by atoms with Crippen molar-refractivity contribution >= 4 is 43.0 Å². The topological polar surface area (TPSA) is 158 Å². The minimum absolute atomic E-state index is 0.0338. The van der Waals surface area contributed by atoms with Crippen LogP contribution >= 0.6 is 0 Å². The van der Waals surface area contributed by atoms with Crippen LogP contribution in [-0.4, -0.2) is 25.3 Å². The zero-order valence-corrected chi connectivity index (χ0v) is 55.6. The minimum atomic E-state index is -4.51. The number of aryl methyl sites for hydroxylation is 2. The average Bonchev–Trinajstić information content (AvgIpc) is 1.53. The second-order valence-electron chi connectivity index (χ2n) is 26.9. The smallest absolute Gasteiger partial charge is 0.375 e. The highest BCUT2D eigenvalue weighted by Gasteiger charge is 2.59. The van der Waals surface area contributed by atoms with Gasteiger partial charge in [0.2, 0.25) is 0 Å². The molecule has 0 N–H and O–H groups in total. The van der Waals surface area contributed by atoms with Crippen LogP contribution in [0.4, 0.5) is 0 Å². The Morgan fingerprint density at radius 1 is 0.341 bits per heavy atom. The van der Waals surface area contributed by atoms with E-state index in [0.717, 1.165) is 11.1 Å². The third-order valence-electron chi connectivity index (χ3n) is 19.0. The van der Waals surface area contributed by atoms with Gasteiger partial charge in [0.15, 0.2) is 23.0 Å². The maximum atomic E-state index is 13.8. The molecule has 4 aliphatic rings. The molecule has 8 aromatic carbocycles. The second-order valence-corrected chi connectivity index (χ2v) is 31.5. The molecule has 0 saturated carbocycles. The molecular formula is C72H76O12S4. The number of fused-ring (bicyclic) bond motifs is 8. The van der Waals surface area contributed by atoms with Crippen LogP contribution in [0.25, 0.3) is 0 Å². The maximum Gasteiger partial charge on any atom is 0.417 e. The average molecular weight is 1260 g/mol. The van der Waals surface area contributed by atoms with Crippen molar-refractivity contribution in [2.24, 2.45) is 0 Å². The normalized spacial score (nSPS) is 19.1. The zero-order valence-electron chi connectivity index (χ0n) is 52.4. The van der Waals surface area contributed by atoms with E-state index in [1.54, 1.807) is 131 Å². The van der Waals surface area contributed by atoms with Crippen LogP contribution in [0.5, 0.6) is 34.5 Å². The summed E-state index contributed by atoms with van der Waals surface area (Å²) >= 11 is -4.79. The highest BCUT2D eigenvalue weighted by atomic mass is 32.2. The summed E-state index contributed by atoms with van der Waals surface area (Å²) in [4.78, 5) is -0.285. The summed E-state index contributed by atoms with van der Waals surface area (Å²) in [5.41, 5.74) is 16.8. The van der Waals surface area contributed by atoms with Crippen LogP contribution in [-0.2, 0) is 75.4 Å². The highest BCUT2D eigenvalue weighted by molar-refractivity contribution is 7.87. The minimum Gasteiger partial charge on any atom is -0.375 e. The molecule has 0 aliphatic heterocycles. The quantitative estimate of drug-likeness (QED) is 0.0951. The Morgan fingerprint density at radius 2 is 0.636 bits per heavy atom. The van der Waals surface area contributed by atoms with Gasteiger partial charge in [-0.3, -0.25) is 0 Å². The Hall–Kier alpha value is -7.24. The first-order chi connectivity index (χ1) is 41.3. The first-order valence-electron chi connectivity index (χ1n) is 29.6. The summed E-state index contributed by atoms with van der Waals surface area (Å²) in [6, 6.07) is 43.3. The number of para-hydroxylation sites is 2. The molecule has 88 heavy (non-hydrogen) atoms. The highest BCUT2D eigenvalue weighted by Crippen LogP contribution is 2.67. The Morgan fingerprint density at radius 3 is 1.00 bits per heavy atom. The number of benzene rings is 8. The van der Waals surface area contributed by atoms with E-state index in [0.29, 0.717) is 24.0 Å². The Balaban J connectivity index is 0.000000246. The lowest BCUT2D eigenvalue weighted by molar-refractivity contribution is 0.348. The Bertz CT molecular complexity index is 4270. The van der Waals surface area contributed by atoms with Gasteiger partial charge in [-0.25, -0.2) is 0 Å². The standard InChI is InChI=1S/C45H40O12S4.C27H36/c1-43(2)29-45(37-27-40(55-59(47)53-32-19-11-6-12-20-32)39(25-35(37)43)54-58(46)52-31-17-9-5-10-18-31)30-44(3,4)36-26-41(56-60(48,49)33-21-13-7-14-22-33)42(28-38(36)45)57-61(50,51)34-23-15-8-16-24-34;1-15-11-21-23(19(5)17(15)3)27(13-25(21,7)8)14-26(9,10)22-12-16(2)18(4)20(6)24(22)27/h5-28H,29-30H2,1-4H3;11-12H,13-14H2,1-10H3. The molecule has 0 heterocycles. The summed E-state index contributed by atoms with van der Waals surface area (Å²) in [5, 5.41) is 0. The van der Waals surface area contributed by atoms with Gasteiger partial charge in [-0.15, -0.1) is 0 Å². The summed E-state index contributed by atoms with van der Waals surface area (Å²) in [5.74, 6) is -0.196. The van der Waals surface area contributed by atoms with Crippen molar-refractivity contribution in [3.8, 4) is 34.5 Å². The lowest BCUT2D eigenvalue weighted by Gasteiger charge is -2.33. The van der Waals surface area contributed by atoms with E-state index in [2.05, 4.69) is 81.4 Å².